The SMILES string of the molecule is COc1cc2c(cc1SC(F)(F)F)CCN(C(C)=O)CC2. The van der Waals surface area contributed by atoms with Gasteiger partial charge in [0.2, 0.25) is 5.91 Å². The predicted octanol–water partition coefficient (Wildman–Crippen LogP) is 3.25. The molecule has 21 heavy (non-hydrogen) atoms. The van der Waals surface area contributed by atoms with Crippen LogP contribution >= 0.6 is 11.8 Å². The molecule has 1 aromatic rings. The summed E-state index contributed by atoms with van der Waals surface area (Å²) in [6.45, 7) is 2.61. The molecule has 1 aromatic carbocycles. The third-order valence-electron chi connectivity index (χ3n) is 3.46. The zero-order valence-corrected chi connectivity index (χ0v) is 12.6. The number of carbonyl (C=O) groups excluding carboxylic acids is 1. The number of hydrogen-bond acceptors (Lipinski definition) is 3. The monoisotopic (exact) mass is 319 g/mol. The molecule has 1 aliphatic rings. The van der Waals surface area contributed by atoms with Crippen LogP contribution < -0.4 is 4.74 Å². The fourth-order valence-electron chi connectivity index (χ4n) is 2.41. The summed E-state index contributed by atoms with van der Waals surface area (Å²) in [6.07, 6.45) is 1.19. The minimum Gasteiger partial charge on any atom is -0.496 e. The highest BCUT2D eigenvalue weighted by atomic mass is 32.2. The molecule has 0 saturated carbocycles. The number of nitrogens with zero attached hydrogens (tertiary/aromatic N) is 1. The number of methoxy groups -OCH3 is 1. The summed E-state index contributed by atoms with van der Waals surface area (Å²) in [4.78, 5) is 13.2. The third-order valence-corrected chi connectivity index (χ3v) is 4.23. The first-order valence-corrected chi connectivity index (χ1v) is 7.33. The van der Waals surface area contributed by atoms with E-state index in [2.05, 4.69) is 0 Å². The summed E-state index contributed by atoms with van der Waals surface area (Å²) in [5, 5.41) is 0. The minimum atomic E-state index is -4.35. The summed E-state index contributed by atoms with van der Waals surface area (Å²) < 4.78 is 42.8. The second-order valence-corrected chi connectivity index (χ2v) is 5.93. The highest BCUT2D eigenvalue weighted by Gasteiger charge is 2.31. The molecule has 0 radical (unpaired) electrons. The Kier molecular flexibility index (Phi) is 4.70. The van der Waals surface area contributed by atoms with Crippen LogP contribution in [0.15, 0.2) is 17.0 Å². The Hall–Kier alpha value is -1.37. The first-order valence-electron chi connectivity index (χ1n) is 6.51. The minimum absolute atomic E-state index is 0.0142. The molecule has 1 heterocycles. The number of benzene rings is 1. The molecule has 1 amide bonds. The standard InChI is InChI=1S/C14H16F3NO2S/c1-9(19)18-5-3-10-7-12(20-2)13(21-14(15,16)17)8-11(10)4-6-18/h7-8H,3-6H2,1-2H3. The number of alkyl halides is 3. The number of rotatable bonds is 2. The fraction of sp³-hybridized carbons (Fsp3) is 0.500. The first-order chi connectivity index (χ1) is 9.80. The van der Waals surface area contributed by atoms with Gasteiger partial charge in [-0.15, -0.1) is 0 Å². The Bertz CT molecular complexity index is 546. The van der Waals surface area contributed by atoms with Crippen molar-refractivity contribution in [3.05, 3.63) is 23.3 Å². The third kappa shape index (κ3) is 4.06. The van der Waals surface area contributed by atoms with Gasteiger partial charge in [0.15, 0.2) is 0 Å². The molecule has 0 fully saturated rings. The van der Waals surface area contributed by atoms with Crippen LogP contribution in [0.1, 0.15) is 18.1 Å². The lowest BCUT2D eigenvalue weighted by Crippen LogP contribution is -2.30. The molecule has 7 heteroatoms. The molecule has 3 nitrogen and oxygen atoms in total. The molecule has 0 saturated heterocycles. The molecule has 0 spiro atoms. The topological polar surface area (TPSA) is 29.5 Å². The lowest BCUT2D eigenvalue weighted by Gasteiger charge is -2.17. The van der Waals surface area contributed by atoms with Crippen LogP contribution in [0.3, 0.4) is 0 Å². The van der Waals surface area contributed by atoms with Crippen LogP contribution in [0, 0.1) is 0 Å². The Morgan fingerprint density at radius 2 is 1.81 bits per heavy atom. The van der Waals surface area contributed by atoms with E-state index in [1.807, 2.05) is 0 Å². The number of amides is 1. The highest BCUT2D eigenvalue weighted by molar-refractivity contribution is 8.00. The van der Waals surface area contributed by atoms with E-state index in [1.54, 1.807) is 11.0 Å². The molecular weight excluding hydrogens is 303 g/mol. The van der Waals surface area contributed by atoms with Crippen molar-refractivity contribution in [1.29, 1.82) is 0 Å². The van der Waals surface area contributed by atoms with E-state index in [4.69, 9.17) is 4.74 Å². The number of hydrogen-bond donors (Lipinski definition) is 0. The van der Waals surface area contributed by atoms with Crippen molar-refractivity contribution in [1.82, 2.24) is 4.90 Å². The number of halogens is 3. The van der Waals surface area contributed by atoms with E-state index in [9.17, 15) is 18.0 Å². The summed E-state index contributed by atoms with van der Waals surface area (Å²) >= 11 is -0.167. The number of carbonyl (C=O) groups is 1. The van der Waals surface area contributed by atoms with Crippen molar-refractivity contribution in [2.24, 2.45) is 0 Å². The second kappa shape index (κ2) is 6.17. The maximum absolute atomic E-state index is 12.6. The van der Waals surface area contributed by atoms with Crippen molar-refractivity contribution >= 4 is 17.7 Å². The first kappa shape index (κ1) is 16.0. The highest BCUT2D eigenvalue weighted by Crippen LogP contribution is 2.42. The zero-order valence-electron chi connectivity index (χ0n) is 11.8. The van der Waals surface area contributed by atoms with Gasteiger partial charge in [-0.2, -0.15) is 13.2 Å². The molecule has 2 rings (SSSR count). The average molecular weight is 319 g/mol. The Morgan fingerprint density at radius 1 is 1.24 bits per heavy atom. The molecule has 0 aliphatic carbocycles. The average Bonchev–Trinajstić information content (AvgIpc) is 2.58. The van der Waals surface area contributed by atoms with Crippen molar-refractivity contribution in [2.75, 3.05) is 20.2 Å². The molecular formula is C14H16F3NO2S. The van der Waals surface area contributed by atoms with Crippen LogP contribution in [0.25, 0.3) is 0 Å². The van der Waals surface area contributed by atoms with Crippen molar-refractivity contribution < 1.29 is 22.7 Å². The van der Waals surface area contributed by atoms with Crippen molar-refractivity contribution in [3.63, 3.8) is 0 Å². The van der Waals surface area contributed by atoms with Gasteiger partial charge < -0.3 is 9.64 Å². The molecule has 0 N–H and O–H groups in total. The van der Waals surface area contributed by atoms with E-state index < -0.39 is 5.51 Å². The quantitative estimate of drug-likeness (QED) is 0.784. The van der Waals surface area contributed by atoms with E-state index >= 15 is 0 Å². The van der Waals surface area contributed by atoms with Gasteiger partial charge in [-0.3, -0.25) is 4.79 Å². The van der Waals surface area contributed by atoms with Crippen LogP contribution in [0.2, 0.25) is 0 Å². The summed E-state index contributed by atoms with van der Waals surface area (Å²) in [5.74, 6) is 0.215. The molecule has 1 aliphatic heterocycles. The Labute approximate surface area is 125 Å². The maximum atomic E-state index is 12.6. The van der Waals surface area contributed by atoms with Gasteiger partial charge in [0, 0.05) is 20.0 Å². The normalized spacial score (nSPS) is 15.4. The maximum Gasteiger partial charge on any atom is 0.446 e. The predicted molar refractivity (Wildman–Crippen MR) is 74.6 cm³/mol. The zero-order chi connectivity index (χ0) is 15.6. The Balaban J connectivity index is 2.31. The lowest BCUT2D eigenvalue weighted by atomic mass is 10.0. The molecule has 116 valence electrons. The van der Waals surface area contributed by atoms with Crippen LogP contribution in [0.4, 0.5) is 13.2 Å². The van der Waals surface area contributed by atoms with Gasteiger partial charge >= 0.3 is 5.51 Å². The smallest absolute Gasteiger partial charge is 0.446 e. The summed E-state index contributed by atoms with van der Waals surface area (Å²) in [7, 11) is 1.36. The van der Waals surface area contributed by atoms with Gasteiger partial charge in [-0.05, 0) is 47.9 Å². The van der Waals surface area contributed by atoms with Gasteiger partial charge in [-0.1, -0.05) is 0 Å². The summed E-state index contributed by atoms with van der Waals surface area (Å²) in [6, 6.07) is 3.20. The van der Waals surface area contributed by atoms with Crippen LogP contribution in [0.5, 0.6) is 5.75 Å². The van der Waals surface area contributed by atoms with Crippen LogP contribution in [-0.2, 0) is 17.6 Å². The van der Waals surface area contributed by atoms with Crippen molar-refractivity contribution in [2.45, 2.75) is 30.2 Å². The second-order valence-electron chi connectivity index (χ2n) is 4.83. The molecule has 0 unspecified atom stereocenters. The number of thioether (sulfide) groups is 1. The Morgan fingerprint density at radius 3 is 2.29 bits per heavy atom. The largest absolute Gasteiger partial charge is 0.496 e. The van der Waals surface area contributed by atoms with E-state index in [0.29, 0.717) is 25.9 Å². The number of fused-ring (bicyclic) bond motifs is 1. The van der Waals surface area contributed by atoms with Gasteiger partial charge in [0.05, 0.1) is 12.0 Å². The molecule has 0 bridgehead atoms. The van der Waals surface area contributed by atoms with Gasteiger partial charge in [-0.25, -0.2) is 0 Å². The summed E-state index contributed by atoms with van der Waals surface area (Å²) in [5.41, 5.74) is -2.55. The van der Waals surface area contributed by atoms with Gasteiger partial charge in [0.25, 0.3) is 0 Å². The van der Waals surface area contributed by atoms with Gasteiger partial charge in [0.1, 0.15) is 5.75 Å². The van der Waals surface area contributed by atoms with Crippen molar-refractivity contribution in [3.8, 4) is 5.75 Å². The van der Waals surface area contributed by atoms with Crippen LogP contribution in [-0.4, -0.2) is 36.5 Å². The lowest BCUT2D eigenvalue weighted by molar-refractivity contribution is -0.128. The fourth-order valence-corrected chi connectivity index (χ4v) is 3.10. The molecule has 0 aromatic heterocycles. The van der Waals surface area contributed by atoms with E-state index in [1.165, 1.54) is 20.1 Å². The molecule has 0 atom stereocenters. The van der Waals surface area contributed by atoms with E-state index in [0.717, 1.165) is 11.1 Å². The number of ether oxygens (including phenoxy) is 1. The van der Waals surface area contributed by atoms with E-state index in [-0.39, 0.29) is 28.3 Å².